The molecule has 2 N–H and O–H groups in total. The molecule has 0 aliphatic carbocycles. The fraction of sp³-hybridized carbons (Fsp3) is 0.370. The van der Waals surface area contributed by atoms with Crippen molar-refractivity contribution in [3.8, 4) is 17.1 Å². The molecule has 0 aliphatic rings. The fourth-order valence-electron chi connectivity index (χ4n) is 3.91. The van der Waals surface area contributed by atoms with E-state index in [1.165, 1.54) is 16.8 Å². The number of rotatable bonds is 8. The van der Waals surface area contributed by atoms with Crippen molar-refractivity contribution in [1.29, 1.82) is 0 Å². The minimum Gasteiger partial charge on any atom is -0.598 e. The van der Waals surface area contributed by atoms with Gasteiger partial charge in [-0.15, -0.1) is 4.72 Å². The molecular formula is C27H30F3N5O2S. The number of pyridine rings is 2. The molecule has 7 nitrogen and oxygen atoms in total. The second kappa shape index (κ2) is 11.0. The first-order valence-corrected chi connectivity index (χ1v) is 13.4. The predicted octanol–water partition coefficient (Wildman–Crippen LogP) is 5.97. The Morgan fingerprint density at radius 2 is 1.74 bits per heavy atom. The van der Waals surface area contributed by atoms with E-state index in [4.69, 9.17) is 4.98 Å². The van der Waals surface area contributed by atoms with Crippen LogP contribution in [0, 0.1) is 0 Å². The summed E-state index contributed by atoms with van der Waals surface area (Å²) in [6, 6.07) is 15.1. The summed E-state index contributed by atoms with van der Waals surface area (Å²) < 4.78 is 56.1. The summed E-state index contributed by atoms with van der Waals surface area (Å²) in [5, 5.41) is 14.7. The molecular weight excluding hydrogens is 515 g/mol. The number of fused-ring (bicyclic) bond motifs is 1. The van der Waals surface area contributed by atoms with Gasteiger partial charge in [-0.2, -0.15) is 18.3 Å². The lowest BCUT2D eigenvalue weighted by Gasteiger charge is -2.27. The Morgan fingerprint density at radius 1 is 1.03 bits per heavy atom. The van der Waals surface area contributed by atoms with Crippen LogP contribution in [0.2, 0.25) is 0 Å². The molecule has 0 bridgehead atoms. The molecule has 0 saturated carbocycles. The Labute approximate surface area is 222 Å². The van der Waals surface area contributed by atoms with Crippen LogP contribution in [0.1, 0.15) is 64.1 Å². The molecule has 1 aromatic carbocycles. The third kappa shape index (κ3) is 6.17. The first-order valence-electron chi connectivity index (χ1n) is 12.2. The number of aromatic nitrogens is 4. The van der Waals surface area contributed by atoms with Gasteiger partial charge in [-0.25, -0.2) is 9.67 Å². The van der Waals surface area contributed by atoms with Crippen molar-refractivity contribution in [3.63, 3.8) is 0 Å². The highest BCUT2D eigenvalue weighted by Gasteiger charge is 2.40. The normalized spacial score (nSPS) is 15.0. The Kier molecular flexibility index (Phi) is 8.12. The minimum atomic E-state index is -4.83. The maximum absolute atomic E-state index is 13.0. The van der Waals surface area contributed by atoms with Gasteiger partial charge in [0.2, 0.25) is 0 Å². The maximum Gasteiger partial charge on any atom is 0.420 e. The number of hydrogen-bond acceptors (Lipinski definition) is 6. The molecule has 0 unspecified atom stereocenters. The molecule has 11 heteroatoms. The number of nitrogens with zero attached hydrogens (tertiary/aromatic N) is 4. The fourth-order valence-corrected chi connectivity index (χ4v) is 4.76. The number of nitrogens with one attached hydrogen (secondary N) is 1. The zero-order valence-electron chi connectivity index (χ0n) is 21.5. The van der Waals surface area contributed by atoms with Gasteiger partial charge in [0.15, 0.2) is 11.9 Å². The molecule has 0 aliphatic heterocycles. The molecule has 0 spiro atoms. The molecule has 202 valence electrons. The van der Waals surface area contributed by atoms with Crippen LogP contribution in [-0.2, 0) is 11.4 Å². The molecule has 3 heterocycles. The maximum atomic E-state index is 13.0. The lowest BCUT2D eigenvalue weighted by molar-refractivity contribution is -0.207. The van der Waals surface area contributed by atoms with E-state index < -0.39 is 34.1 Å². The van der Waals surface area contributed by atoms with Crippen LogP contribution >= 0.6 is 0 Å². The van der Waals surface area contributed by atoms with Crippen LogP contribution in [0.15, 0.2) is 60.8 Å². The Bertz CT molecular complexity index is 1400. The second-order valence-electron chi connectivity index (χ2n) is 9.98. The molecule has 3 atom stereocenters. The van der Waals surface area contributed by atoms with E-state index in [0.29, 0.717) is 11.2 Å². The van der Waals surface area contributed by atoms with E-state index in [1.807, 2.05) is 57.2 Å². The summed E-state index contributed by atoms with van der Waals surface area (Å²) in [6.07, 6.45) is -4.28. The number of alkyl halides is 3. The smallest absolute Gasteiger partial charge is 0.420 e. The van der Waals surface area contributed by atoms with Crippen LogP contribution in [-0.4, -0.2) is 40.3 Å². The number of aliphatic hydroxyl groups excluding tert-OH is 1. The second-order valence-corrected chi connectivity index (χ2v) is 12.0. The van der Waals surface area contributed by atoms with Crippen molar-refractivity contribution in [1.82, 2.24) is 24.5 Å². The van der Waals surface area contributed by atoms with Crippen molar-refractivity contribution < 1.29 is 22.8 Å². The highest BCUT2D eigenvalue weighted by Crippen LogP contribution is 2.32. The van der Waals surface area contributed by atoms with E-state index in [9.17, 15) is 22.8 Å². The van der Waals surface area contributed by atoms with Gasteiger partial charge in [0.05, 0.1) is 34.8 Å². The first-order chi connectivity index (χ1) is 17.9. The molecule has 0 amide bonds. The third-order valence-electron chi connectivity index (χ3n) is 5.94. The largest absolute Gasteiger partial charge is 0.598 e. The van der Waals surface area contributed by atoms with Gasteiger partial charge in [-0.3, -0.25) is 4.98 Å². The van der Waals surface area contributed by atoms with E-state index in [0.717, 1.165) is 35.6 Å². The Hall–Kier alpha value is -2.99. The Balaban J connectivity index is 1.70. The van der Waals surface area contributed by atoms with E-state index in [-0.39, 0.29) is 11.9 Å². The minimum absolute atomic E-state index is 0.150. The lowest BCUT2D eigenvalue weighted by atomic mass is 10.1. The molecule has 38 heavy (non-hydrogen) atoms. The van der Waals surface area contributed by atoms with Gasteiger partial charge in [0.25, 0.3) is 0 Å². The number of hydrogen-bond donors (Lipinski definition) is 2. The van der Waals surface area contributed by atoms with E-state index in [2.05, 4.69) is 21.7 Å². The summed E-state index contributed by atoms with van der Waals surface area (Å²) in [4.78, 5) is 8.87. The van der Waals surface area contributed by atoms with Gasteiger partial charge in [0.1, 0.15) is 4.75 Å². The molecule has 4 aromatic rings. The summed E-state index contributed by atoms with van der Waals surface area (Å²) >= 11 is -1.27. The summed E-state index contributed by atoms with van der Waals surface area (Å²) in [6.45, 7) is 7.80. The van der Waals surface area contributed by atoms with Crippen LogP contribution < -0.4 is 4.72 Å². The van der Waals surface area contributed by atoms with Crippen molar-refractivity contribution in [3.05, 3.63) is 72.2 Å². The van der Waals surface area contributed by atoms with Crippen molar-refractivity contribution >= 4 is 22.3 Å². The molecule has 3 aromatic heterocycles. The number of halogens is 3. The summed E-state index contributed by atoms with van der Waals surface area (Å²) in [7, 11) is 0. The highest BCUT2D eigenvalue weighted by atomic mass is 32.2. The van der Waals surface area contributed by atoms with Crippen LogP contribution in [0.4, 0.5) is 13.2 Å². The van der Waals surface area contributed by atoms with Gasteiger partial charge < -0.3 is 9.66 Å². The number of benzene rings is 1. The predicted molar refractivity (Wildman–Crippen MR) is 142 cm³/mol. The van der Waals surface area contributed by atoms with E-state index in [1.54, 1.807) is 6.20 Å². The lowest BCUT2D eigenvalue weighted by Crippen LogP contribution is -2.41. The zero-order valence-corrected chi connectivity index (χ0v) is 22.3. The molecule has 0 fully saturated rings. The zero-order chi connectivity index (χ0) is 27.7. The molecule has 0 radical (unpaired) electrons. The van der Waals surface area contributed by atoms with Gasteiger partial charge in [-0.1, -0.05) is 37.6 Å². The first kappa shape index (κ1) is 28.0. The quantitative estimate of drug-likeness (QED) is 0.265. The SMILES string of the molecule is CCC[C@H](N[S@+]([O-])C(C)(C)C)c1cccc(-c2ccc3cnn(-c4cccc([C@H](O)C(F)(F)F)n4)c3c2)n1. The number of aliphatic hydroxyl groups is 1. The average Bonchev–Trinajstić information content (AvgIpc) is 3.30. The van der Waals surface area contributed by atoms with Gasteiger partial charge in [0, 0.05) is 22.3 Å². The summed E-state index contributed by atoms with van der Waals surface area (Å²) in [5.41, 5.74) is 2.35. The molecule has 0 saturated heterocycles. The Morgan fingerprint density at radius 3 is 2.42 bits per heavy atom. The highest BCUT2D eigenvalue weighted by molar-refractivity contribution is 7.90. The van der Waals surface area contributed by atoms with Crippen LogP contribution in [0.25, 0.3) is 28.0 Å². The topological polar surface area (TPSA) is 98.9 Å². The standard InChI is InChI=1S/C27H30F3N5O2S/c1-5-8-21(34-38(37)26(2,3)4)20-10-6-9-19(32-20)17-13-14-18-16-31-35(23(18)15-17)24-12-7-11-22(33-24)25(36)27(28,29)30/h6-7,9-16,21,25,34,36H,5,8H2,1-4H3/t21-,25-,38+/m0/s1. The molecule has 4 rings (SSSR count). The average molecular weight is 546 g/mol. The van der Waals surface area contributed by atoms with Crippen LogP contribution in [0.3, 0.4) is 0 Å². The van der Waals surface area contributed by atoms with Crippen molar-refractivity contribution in [2.45, 2.75) is 63.6 Å². The van der Waals surface area contributed by atoms with Crippen molar-refractivity contribution in [2.75, 3.05) is 0 Å². The van der Waals surface area contributed by atoms with Crippen LogP contribution in [0.5, 0.6) is 0 Å². The van der Waals surface area contributed by atoms with E-state index >= 15 is 0 Å². The summed E-state index contributed by atoms with van der Waals surface area (Å²) in [5.74, 6) is 0.150. The monoisotopic (exact) mass is 545 g/mol. The van der Waals surface area contributed by atoms with Crippen molar-refractivity contribution in [2.24, 2.45) is 0 Å². The van der Waals surface area contributed by atoms with Gasteiger partial charge >= 0.3 is 6.18 Å². The van der Waals surface area contributed by atoms with Gasteiger partial charge in [-0.05, 0) is 57.5 Å². The third-order valence-corrected chi connectivity index (χ3v) is 7.55.